The summed E-state index contributed by atoms with van der Waals surface area (Å²) < 4.78 is 7.43. The van der Waals surface area contributed by atoms with Crippen molar-refractivity contribution < 1.29 is 9.53 Å². The number of carbonyl (C=O) groups excluding carboxylic acids is 1. The fraction of sp³-hybridized carbons (Fsp3) is 0.289. The summed E-state index contributed by atoms with van der Waals surface area (Å²) in [5.41, 5.74) is 7.11. The molecule has 6 rings (SSSR count). The normalized spacial score (nSPS) is 12.6. The minimum atomic E-state index is -0.292. The summed E-state index contributed by atoms with van der Waals surface area (Å²) in [6.45, 7) is 3.17. The number of para-hydroxylation sites is 1. The Morgan fingerprint density at radius 2 is 1.39 bits per heavy atom. The molecule has 234 valence electrons. The van der Waals surface area contributed by atoms with Gasteiger partial charge >= 0.3 is 5.97 Å². The molecule has 46 heavy (non-hydrogen) atoms. The largest absolute Gasteiger partial charge is 0.462 e. The minimum absolute atomic E-state index is 0.292. The smallest absolute Gasteiger partial charge is 0.338 e. The molecule has 0 radical (unpaired) electrons. The maximum Gasteiger partial charge on any atom is 0.338 e. The average molecular weight is 613 g/mol. The zero-order valence-corrected chi connectivity index (χ0v) is 26.4. The molecule has 8 nitrogen and oxygen atoms in total. The van der Waals surface area contributed by atoms with Crippen molar-refractivity contribution >= 4 is 23.3 Å². The first-order chi connectivity index (χ1) is 22.7. The number of ether oxygens (including phenoxy) is 1. The molecule has 1 aromatic heterocycles. The molecule has 0 amide bonds. The van der Waals surface area contributed by atoms with Crippen LogP contribution in [0.3, 0.4) is 0 Å². The quantitative estimate of drug-likeness (QED) is 0.0656. The van der Waals surface area contributed by atoms with Gasteiger partial charge in [-0.3, -0.25) is 0 Å². The molecule has 1 aliphatic rings. The van der Waals surface area contributed by atoms with Gasteiger partial charge in [0.25, 0.3) is 5.95 Å². The molecule has 8 heteroatoms. The monoisotopic (exact) mass is 612 g/mol. The van der Waals surface area contributed by atoms with E-state index in [2.05, 4.69) is 34.6 Å². The molecule has 0 fully saturated rings. The van der Waals surface area contributed by atoms with E-state index in [1.165, 1.54) is 38.5 Å². The Morgan fingerprint density at radius 1 is 0.739 bits per heavy atom. The van der Waals surface area contributed by atoms with Crippen LogP contribution in [0.15, 0.2) is 108 Å². The number of anilines is 2. The molecule has 0 aliphatic heterocycles. The van der Waals surface area contributed by atoms with Crippen molar-refractivity contribution in [3.05, 3.63) is 125 Å². The maximum absolute atomic E-state index is 13.1. The standard InChI is InChI=1S/C38H40N6O2/c1-2-3-4-5-6-7-8-17-26-46-37(45)30-24-25-34-35(27-30)32-22-15-16-23-33(32)36(34)40-44(31-20-13-10-14-21-31)38-39-41-42-43(38)28-29-18-11-9-12-19-29/h9-16,18-25,27H,2-8,17,26,28H2,1H3/b40-36-. The van der Waals surface area contributed by atoms with Gasteiger partial charge in [-0.05, 0) is 57.8 Å². The van der Waals surface area contributed by atoms with Crippen molar-refractivity contribution in [3.8, 4) is 11.1 Å². The summed E-state index contributed by atoms with van der Waals surface area (Å²) in [4.78, 5) is 13.1. The van der Waals surface area contributed by atoms with Gasteiger partial charge in [0.15, 0.2) is 0 Å². The number of nitrogens with zero attached hydrogens (tertiary/aromatic N) is 6. The van der Waals surface area contributed by atoms with Gasteiger partial charge in [-0.2, -0.15) is 10.1 Å². The van der Waals surface area contributed by atoms with Crippen molar-refractivity contribution in [2.75, 3.05) is 11.6 Å². The summed E-state index contributed by atoms with van der Waals surface area (Å²) in [6, 6.07) is 33.8. The molecule has 1 heterocycles. The van der Waals surface area contributed by atoms with Gasteiger partial charge in [-0.15, -0.1) is 0 Å². The molecule has 0 unspecified atom stereocenters. The second-order valence-electron chi connectivity index (χ2n) is 11.6. The SMILES string of the molecule is CCCCCCCCCCOC(=O)c1ccc2c(c1)-c1ccccc1/C2=N/N(c1ccccc1)c1nnnn1Cc1ccccc1. The Balaban J connectivity index is 1.25. The van der Waals surface area contributed by atoms with E-state index in [-0.39, 0.29) is 5.97 Å². The molecule has 0 saturated heterocycles. The van der Waals surface area contributed by atoms with Crippen LogP contribution in [0, 0.1) is 0 Å². The molecule has 0 bridgehead atoms. The summed E-state index contributed by atoms with van der Waals surface area (Å²) in [7, 11) is 0. The highest BCUT2D eigenvalue weighted by Gasteiger charge is 2.28. The first-order valence-corrected chi connectivity index (χ1v) is 16.4. The summed E-state index contributed by atoms with van der Waals surface area (Å²) in [6.07, 6.45) is 9.62. The van der Waals surface area contributed by atoms with Gasteiger partial charge in [0.05, 0.1) is 30.1 Å². The van der Waals surface area contributed by atoms with Crippen LogP contribution in [-0.4, -0.2) is 38.5 Å². The Morgan fingerprint density at radius 3 is 2.15 bits per heavy atom. The highest BCUT2D eigenvalue weighted by molar-refractivity contribution is 6.25. The van der Waals surface area contributed by atoms with Crippen molar-refractivity contribution in [3.63, 3.8) is 0 Å². The lowest BCUT2D eigenvalue weighted by molar-refractivity contribution is 0.0497. The van der Waals surface area contributed by atoms with Crippen LogP contribution in [0.2, 0.25) is 0 Å². The van der Waals surface area contributed by atoms with Crippen molar-refractivity contribution in [2.45, 2.75) is 64.8 Å². The predicted octanol–water partition coefficient (Wildman–Crippen LogP) is 8.59. The third-order valence-corrected chi connectivity index (χ3v) is 8.29. The van der Waals surface area contributed by atoms with E-state index >= 15 is 0 Å². The molecule has 0 spiro atoms. The molecule has 4 aromatic carbocycles. The van der Waals surface area contributed by atoms with Crippen LogP contribution in [-0.2, 0) is 11.3 Å². The molecule has 0 saturated carbocycles. The van der Waals surface area contributed by atoms with Crippen LogP contribution in [0.1, 0.15) is 85.3 Å². The van der Waals surface area contributed by atoms with Gasteiger partial charge in [0.1, 0.15) is 0 Å². The first-order valence-electron chi connectivity index (χ1n) is 16.4. The molecule has 0 atom stereocenters. The molecular weight excluding hydrogens is 572 g/mol. The number of esters is 1. The second-order valence-corrected chi connectivity index (χ2v) is 11.6. The van der Waals surface area contributed by atoms with Gasteiger partial charge in [-0.1, -0.05) is 136 Å². The summed E-state index contributed by atoms with van der Waals surface area (Å²) >= 11 is 0. The van der Waals surface area contributed by atoms with Crippen molar-refractivity contribution in [2.24, 2.45) is 5.10 Å². The number of hydrogen-bond donors (Lipinski definition) is 0. The topological polar surface area (TPSA) is 85.5 Å². The lowest BCUT2D eigenvalue weighted by atomic mass is 10.0. The van der Waals surface area contributed by atoms with Crippen molar-refractivity contribution in [1.82, 2.24) is 20.2 Å². The minimum Gasteiger partial charge on any atom is -0.462 e. The van der Waals surface area contributed by atoms with E-state index in [0.717, 1.165) is 52.1 Å². The van der Waals surface area contributed by atoms with E-state index in [9.17, 15) is 4.79 Å². The third kappa shape index (κ3) is 7.23. The number of rotatable bonds is 15. The van der Waals surface area contributed by atoms with Crippen LogP contribution >= 0.6 is 0 Å². The van der Waals surface area contributed by atoms with Crippen LogP contribution < -0.4 is 5.01 Å². The van der Waals surface area contributed by atoms with E-state index in [1.807, 2.05) is 91.0 Å². The van der Waals surface area contributed by atoms with Crippen molar-refractivity contribution in [1.29, 1.82) is 0 Å². The third-order valence-electron chi connectivity index (χ3n) is 8.29. The number of hydrazone groups is 1. The Hall–Kier alpha value is -5.11. The predicted molar refractivity (Wildman–Crippen MR) is 182 cm³/mol. The van der Waals surface area contributed by atoms with Gasteiger partial charge in [0, 0.05) is 11.1 Å². The highest BCUT2D eigenvalue weighted by Crippen LogP contribution is 2.39. The zero-order chi connectivity index (χ0) is 31.6. The molecule has 5 aromatic rings. The number of benzene rings is 4. The fourth-order valence-electron chi connectivity index (χ4n) is 5.86. The first kappa shape index (κ1) is 30.9. The van der Waals surface area contributed by atoms with Crippen LogP contribution in [0.25, 0.3) is 11.1 Å². The van der Waals surface area contributed by atoms with E-state index < -0.39 is 0 Å². The summed E-state index contributed by atoms with van der Waals surface area (Å²) in [5.74, 6) is 0.203. The number of fused-ring (bicyclic) bond motifs is 3. The van der Waals surface area contributed by atoms with Gasteiger partial charge in [0.2, 0.25) is 0 Å². The Labute approximate surface area is 270 Å². The van der Waals surface area contributed by atoms with Gasteiger partial charge < -0.3 is 4.74 Å². The highest BCUT2D eigenvalue weighted by atomic mass is 16.5. The Bertz CT molecular complexity index is 1770. The average Bonchev–Trinajstić information content (AvgIpc) is 3.68. The summed E-state index contributed by atoms with van der Waals surface area (Å²) in [5, 5.41) is 19.7. The molecular formula is C38H40N6O2. The maximum atomic E-state index is 13.1. The second kappa shape index (κ2) is 15.3. The lowest BCUT2D eigenvalue weighted by Gasteiger charge is -2.19. The Kier molecular flexibility index (Phi) is 10.2. The lowest BCUT2D eigenvalue weighted by Crippen LogP contribution is -2.19. The van der Waals surface area contributed by atoms with Gasteiger partial charge in [-0.25, -0.2) is 9.48 Å². The molecule has 0 N–H and O–H groups in total. The number of hydrogen-bond acceptors (Lipinski definition) is 7. The number of tetrazole rings is 1. The number of aromatic nitrogens is 4. The zero-order valence-electron chi connectivity index (χ0n) is 26.4. The number of unbranched alkanes of at least 4 members (excludes halogenated alkanes) is 7. The van der Waals surface area contributed by atoms with E-state index in [1.54, 1.807) is 9.69 Å². The molecule has 1 aliphatic carbocycles. The number of carbonyl (C=O) groups is 1. The van der Waals surface area contributed by atoms with E-state index in [4.69, 9.17) is 9.84 Å². The van der Waals surface area contributed by atoms with Crippen LogP contribution in [0.5, 0.6) is 0 Å². The van der Waals surface area contributed by atoms with Crippen LogP contribution in [0.4, 0.5) is 11.6 Å². The van der Waals surface area contributed by atoms with E-state index in [0.29, 0.717) is 24.7 Å². The fourth-order valence-corrected chi connectivity index (χ4v) is 5.86.